The predicted molar refractivity (Wildman–Crippen MR) is 151 cm³/mol. The van der Waals surface area contributed by atoms with Crippen molar-refractivity contribution < 1.29 is 5.11 Å². The standard InChI is InChI=1S/C34H23NO/c36-34-21-18-24(22-30(34)23-10-2-1-3-11-23)25-19-20-33(27-13-5-4-12-26(25)27)35-31-16-8-6-14-28(31)29-15-7-9-17-32(29)35/h1-22,36H. The lowest BCUT2D eigenvalue weighted by atomic mass is 9.94. The molecule has 0 unspecified atom stereocenters. The third-order valence-corrected chi connectivity index (χ3v) is 7.11. The van der Waals surface area contributed by atoms with E-state index in [0.717, 1.165) is 27.9 Å². The number of phenols is 1. The number of rotatable bonds is 3. The third-order valence-electron chi connectivity index (χ3n) is 7.11. The monoisotopic (exact) mass is 461 g/mol. The number of hydrogen-bond donors (Lipinski definition) is 1. The van der Waals surface area contributed by atoms with Gasteiger partial charge in [0.05, 0.1) is 16.7 Å². The van der Waals surface area contributed by atoms with Crippen LogP contribution >= 0.6 is 0 Å². The zero-order valence-corrected chi connectivity index (χ0v) is 19.6. The second-order valence-electron chi connectivity index (χ2n) is 9.15. The van der Waals surface area contributed by atoms with Crippen molar-refractivity contribution in [3.8, 4) is 33.7 Å². The topological polar surface area (TPSA) is 25.2 Å². The van der Waals surface area contributed by atoms with Gasteiger partial charge in [-0.2, -0.15) is 0 Å². The highest BCUT2D eigenvalue weighted by Gasteiger charge is 2.16. The van der Waals surface area contributed by atoms with Gasteiger partial charge in [0.15, 0.2) is 0 Å². The van der Waals surface area contributed by atoms with Gasteiger partial charge in [0.2, 0.25) is 0 Å². The van der Waals surface area contributed by atoms with E-state index in [2.05, 4.69) is 95.6 Å². The molecule has 0 saturated heterocycles. The van der Waals surface area contributed by atoms with E-state index in [0.29, 0.717) is 0 Å². The van der Waals surface area contributed by atoms with Crippen molar-refractivity contribution in [2.75, 3.05) is 0 Å². The molecule has 0 bridgehead atoms. The lowest BCUT2D eigenvalue weighted by Gasteiger charge is -2.16. The highest BCUT2D eigenvalue weighted by Crippen LogP contribution is 2.40. The number of benzene rings is 6. The van der Waals surface area contributed by atoms with Crippen molar-refractivity contribution in [2.24, 2.45) is 0 Å². The molecule has 170 valence electrons. The summed E-state index contributed by atoms with van der Waals surface area (Å²) in [5, 5.41) is 15.5. The second kappa shape index (κ2) is 8.14. The molecule has 1 aromatic heterocycles. The first kappa shape index (κ1) is 20.5. The average Bonchev–Trinajstić information content (AvgIpc) is 3.28. The van der Waals surface area contributed by atoms with Crippen LogP contribution in [0.15, 0.2) is 133 Å². The summed E-state index contributed by atoms with van der Waals surface area (Å²) in [4.78, 5) is 0. The maximum Gasteiger partial charge on any atom is 0.123 e. The van der Waals surface area contributed by atoms with Crippen LogP contribution < -0.4 is 0 Å². The van der Waals surface area contributed by atoms with Gasteiger partial charge in [-0.1, -0.05) is 103 Å². The molecule has 7 rings (SSSR count). The van der Waals surface area contributed by atoms with E-state index in [4.69, 9.17) is 0 Å². The third kappa shape index (κ3) is 3.12. The number of aromatic hydroxyl groups is 1. The number of para-hydroxylation sites is 2. The Morgan fingerprint density at radius 2 is 1.00 bits per heavy atom. The molecule has 0 atom stereocenters. The summed E-state index contributed by atoms with van der Waals surface area (Å²) < 4.78 is 2.38. The first-order valence-electron chi connectivity index (χ1n) is 12.2. The molecule has 0 radical (unpaired) electrons. The van der Waals surface area contributed by atoms with Gasteiger partial charge in [0.1, 0.15) is 5.75 Å². The Morgan fingerprint density at radius 1 is 0.417 bits per heavy atom. The zero-order valence-electron chi connectivity index (χ0n) is 19.6. The number of phenolic OH excluding ortho intramolecular Hbond substituents is 1. The molecule has 0 saturated carbocycles. The van der Waals surface area contributed by atoms with Crippen LogP contribution in [-0.2, 0) is 0 Å². The van der Waals surface area contributed by atoms with Crippen molar-refractivity contribution in [2.45, 2.75) is 0 Å². The predicted octanol–water partition coefficient (Wildman–Crippen LogP) is 8.98. The van der Waals surface area contributed by atoms with Crippen molar-refractivity contribution in [1.29, 1.82) is 0 Å². The summed E-state index contributed by atoms with van der Waals surface area (Å²) in [6.45, 7) is 0. The Balaban J connectivity index is 1.49. The van der Waals surface area contributed by atoms with E-state index in [1.807, 2.05) is 36.4 Å². The van der Waals surface area contributed by atoms with Crippen LogP contribution in [0.4, 0.5) is 0 Å². The van der Waals surface area contributed by atoms with Crippen molar-refractivity contribution in [3.63, 3.8) is 0 Å². The minimum absolute atomic E-state index is 0.288. The zero-order chi connectivity index (χ0) is 24.1. The van der Waals surface area contributed by atoms with Gasteiger partial charge in [0.25, 0.3) is 0 Å². The molecule has 1 heterocycles. The molecule has 0 aliphatic rings. The van der Waals surface area contributed by atoms with Crippen LogP contribution in [0.2, 0.25) is 0 Å². The molecule has 0 aliphatic carbocycles. The SMILES string of the molecule is Oc1ccc(-c2ccc(-n3c4ccccc4c4ccccc43)c3ccccc23)cc1-c1ccccc1. The number of nitrogens with zero attached hydrogens (tertiary/aromatic N) is 1. The van der Waals surface area contributed by atoms with Gasteiger partial charge >= 0.3 is 0 Å². The Morgan fingerprint density at radius 3 is 1.69 bits per heavy atom. The van der Waals surface area contributed by atoms with E-state index < -0.39 is 0 Å². The lowest BCUT2D eigenvalue weighted by Crippen LogP contribution is -1.96. The van der Waals surface area contributed by atoms with E-state index in [-0.39, 0.29) is 5.75 Å². The lowest BCUT2D eigenvalue weighted by molar-refractivity contribution is 0.477. The minimum Gasteiger partial charge on any atom is -0.507 e. The first-order chi connectivity index (χ1) is 17.8. The fourth-order valence-corrected chi connectivity index (χ4v) is 5.46. The van der Waals surface area contributed by atoms with Crippen LogP contribution in [0.3, 0.4) is 0 Å². The van der Waals surface area contributed by atoms with Crippen LogP contribution in [-0.4, -0.2) is 9.67 Å². The van der Waals surface area contributed by atoms with Gasteiger partial charge in [-0.15, -0.1) is 0 Å². The van der Waals surface area contributed by atoms with E-state index in [1.165, 1.54) is 32.6 Å². The van der Waals surface area contributed by atoms with Crippen molar-refractivity contribution in [1.82, 2.24) is 4.57 Å². The maximum atomic E-state index is 10.6. The van der Waals surface area contributed by atoms with Crippen molar-refractivity contribution in [3.05, 3.63) is 133 Å². The summed E-state index contributed by atoms with van der Waals surface area (Å²) in [5.74, 6) is 0.288. The maximum absolute atomic E-state index is 10.6. The summed E-state index contributed by atoms with van der Waals surface area (Å²) in [6, 6.07) is 46.2. The van der Waals surface area contributed by atoms with E-state index in [1.54, 1.807) is 6.07 Å². The minimum atomic E-state index is 0.288. The second-order valence-corrected chi connectivity index (χ2v) is 9.15. The summed E-state index contributed by atoms with van der Waals surface area (Å²) in [5.41, 5.74) is 7.63. The van der Waals surface area contributed by atoms with Crippen LogP contribution in [0.1, 0.15) is 0 Å². The normalized spacial score (nSPS) is 11.4. The van der Waals surface area contributed by atoms with Gasteiger partial charge < -0.3 is 9.67 Å². The van der Waals surface area contributed by atoms with Gasteiger partial charge in [-0.25, -0.2) is 0 Å². The molecule has 6 aromatic carbocycles. The summed E-state index contributed by atoms with van der Waals surface area (Å²) in [7, 11) is 0. The Bertz CT molecular complexity index is 1840. The first-order valence-corrected chi connectivity index (χ1v) is 12.2. The summed E-state index contributed by atoms with van der Waals surface area (Å²) in [6.07, 6.45) is 0. The molecule has 7 aromatic rings. The number of hydrogen-bond acceptors (Lipinski definition) is 1. The Hall–Kier alpha value is -4.82. The van der Waals surface area contributed by atoms with Gasteiger partial charge in [-0.3, -0.25) is 0 Å². The molecule has 36 heavy (non-hydrogen) atoms. The smallest absolute Gasteiger partial charge is 0.123 e. The van der Waals surface area contributed by atoms with Crippen LogP contribution in [0.5, 0.6) is 5.75 Å². The molecule has 0 spiro atoms. The quantitative estimate of drug-likeness (QED) is 0.279. The average molecular weight is 462 g/mol. The Kier molecular flexibility index (Phi) is 4.65. The molecule has 0 fully saturated rings. The molecule has 0 amide bonds. The highest BCUT2D eigenvalue weighted by molar-refractivity contribution is 6.11. The number of aromatic nitrogens is 1. The molecule has 1 N–H and O–H groups in total. The fraction of sp³-hybridized carbons (Fsp3) is 0. The van der Waals surface area contributed by atoms with Crippen LogP contribution in [0.25, 0.3) is 60.5 Å². The van der Waals surface area contributed by atoms with Gasteiger partial charge in [-0.05, 0) is 52.4 Å². The van der Waals surface area contributed by atoms with E-state index >= 15 is 0 Å². The molecular weight excluding hydrogens is 438 g/mol. The van der Waals surface area contributed by atoms with E-state index in [9.17, 15) is 5.11 Å². The van der Waals surface area contributed by atoms with Gasteiger partial charge in [0, 0.05) is 21.7 Å². The van der Waals surface area contributed by atoms with Crippen molar-refractivity contribution >= 4 is 32.6 Å². The summed E-state index contributed by atoms with van der Waals surface area (Å²) >= 11 is 0. The number of fused-ring (bicyclic) bond motifs is 4. The largest absolute Gasteiger partial charge is 0.507 e. The molecule has 0 aliphatic heterocycles. The van der Waals surface area contributed by atoms with Crippen LogP contribution in [0, 0.1) is 0 Å². The Labute approximate surface area is 209 Å². The highest BCUT2D eigenvalue weighted by atomic mass is 16.3. The fourth-order valence-electron chi connectivity index (χ4n) is 5.46. The molecule has 2 nitrogen and oxygen atoms in total. The molecular formula is C34H23NO. The molecule has 2 heteroatoms.